The molecule has 1 aromatic heterocycles. The maximum atomic E-state index is 12.9. The van der Waals surface area contributed by atoms with Crippen LogP contribution in [0.15, 0.2) is 82.1 Å². The fourth-order valence-electron chi connectivity index (χ4n) is 2.55. The molecule has 28 heavy (non-hydrogen) atoms. The molecule has 0 unspecified atom stereocenters. The summed E-state index contributed by atoms with van der Waals surface area (Å²) in [6.07, 6.45) is 2.88. The molecule has 0 aliphatic heterocycles. The molecule has 144 valence electrons. The lowest BCUT2D eigenvalue weighted by atomic mass is 10.3. The van der Waals surface area contributed by atoms with E-state index in [1.54, 1.807) is 54.6 Å². The number of carbonyl (C=O) groups excluding carboxylic acids is 1. The van der Waals surface area contributed by atoms with Gasteiger partial charge in [-0.05, 0) is 55.5 Å². The summed E-state index contributed by atoms with van der Waals surface area (Å²) in [6, 6.07) is 18.5. The Kier molecular flexibility index (Phi) is 5.65. The molecule has 0 bridgehead atoms. The fourth-order valence-corrected chi connectivity index (χ4v) is 3.80. The first kappa shape index (κ1) is 19.4. The number of hydrogen-bond acceptors (Lipinski definition) is 4. The van der Waals surface area contributed by atoms with Gasteiger partial charge in [0.15, 0.2) is 0 Å². The maximum Gasteiger partial charge on any atom is 0.264 e. The van der Waals surface area contributed by atoms with Crippen molar-refractivity contribution in [3.63, 3.8) is 0 Å². The standard InChI is InChI=1S/C21H20N2O4S/c1-16-11-12-19(27-16)13-14-21(24)22-17-7-6-10-20(15-17)28(25,26)23(2)18-8-4-3-5-9-18/h3-15H,1-2H3,(H,22,24)/b14-13+. The molecular formula is C21H20N2O4S. The molecule has 0 spiro atoms. The summed E-state index contributed by atoms with van der Waals surface area (Å²) in [4.78, 5) is 12.2. The number of rotatable bonds is 6. The van der Waals surface area contributed by atoms with E-state index >= 15 is 0 Å². The number of sulfonamides is 1. The zero-order chi connectivity index (χ0) is 20.1. The number of hydrogen-bond donors (Lipinski definition) is 1. The number of furan rings is 1. The molecule has 0 aliphatic rings. The third-order valence-electron chi connectivity index (χ3n) is 4.04. The zero-order valence-corrected chi connectivity index (χ0v) is 16.3. The van der Waals surface area contributed by atoms with Gasteiger partial charge in [-0.25, -0.2) is 8.42 Å². The Morgan fingerprint density at radius 3 is 2.46 bits per heavy atom. The number of carbonyl (C=O) groups is 1. The van der Waals surface area contributed by atoms with E-state index in [9.17, 15) is 13.2 Å². The summed E-state index contributed by atoms with van der Waals surface area (Å²) < 4.78 is 32.3. The lowest BCUT2D eigenvalue weighted by Gasteiger charge is -2.19. The van der Waals surface area contributed by atoms with E-state index in [1.807, 2.05) is 13.0 Å². The van der Waals surface area contributed by atoms with Gasteiger partial charge in [-0.3, -0.25) is 9.10 Å². The van der Waals surface area contributed by atoms with Crippen molar-refractivity contribution in [1.82, 2.24) is 0 Å². The Hall–Kier alpha value is -3.32. The number of nitrogens with zero attached hydrogens (tertiary/aromatic N) is 1. The molecule has 0 radical (unpaired) electrons. The monoisotopic (exact) mass is 396 g/mol. The summed E-state index contributed by atoms with van der Waals surface area (Å²) in [6.45, 7) is 1.82. The molecule has 6 nitrogen and oxygen atoms in total. The molecule has 3 aromatic rings. The van der Waals surface area contributed by atoms with Crippen LogP contribution in [0.5, 0.6) is 0 Å². The zero-order valence-electron chi connectivity index (χ0n) is 15.5. The van der Waals surface area contributed by atoms with Crippen molar-refractivity contribution in [2.24, 2.45) is 0 Å². The van der Waals surface area contributed by atoms with E-state index in [2.05, 4.69) is 5.32 Å². The molecule has 0 atom stereocenters. The van der Waals surface area contributed by atoms with E-state index in [0.717, 1.165) is 5.76 Å². The summed E-state index contributed by atoms with van der Waals surface area (Å²) >= 11 is 0. The quantitative estimate of drug-likeness (QED) is 0.637. The van der Waals surface area contributed by atoms with Crippen molar-refractivity contribution in [2.75, 3.05) is 16.7 Å². The number of amides is 1. The minimum absolute atomic E-state index is 0.0855. The number of nitrogens with one attached hydrogen (secondary N) is 1. The van der Waals surface area contributed by atoms with Crippen molar-refractivity contribution in [3.8, 4) is 0 Å². The summed E-state index contributed by atoms with van der Waals surface area (Å²) in [5.41, 5.74) is 0.932. The van der Waals surface area contributed by atoms with Crippen molar-refractivity contribution < 1.29 is 17.6 Å². The van der Waals surface area contributed by atoms with Crippen molar-refractivity contribution in [3.05, 3.63) is 84.3 Å². The van der Waals surface area contributed by atoms with Crippen LogP contribution in [0.1, 0.15) is 11.5 Å². The minimum atomic E-state index is -3.75. The molecule has 2 aromatic carbocycles. The van der Waals surface area contributed by atoms with Gasteiger partial charge in [0.1, 0.15) is 11.5 Å². The van der Waals surface area contributed by atoms with E-state index in [4.69, 9.17) is 4.42 Å². The van der Waals surface area contributed by atoms with Gasteiger partial charge in [0, 0.05) is 18.8 Å². The SMILES string of the molecule is Cc1ccc(/C=C/C(=O)Nc2cccc(S(=O)(=O)N(C)c3ccccc3)c2)o1. The Balaban J connectivity index is 1.76. The summed E-state index contributed by atoms with van der Waals surface area (Å²) in [7, 11) is -2.26. The van der Waals surface area contributed by atoms with Crippen LogP contribution < -0.4 is 9.62 Å². The van der Waals surface area contributed by atoms with Gasteiger partial charge in [-0.15, -0.1) is 0 Å². The highest BCUT2D eigenvalue weighted by Gasteiger charge is 2.21. The second-order valence-electron chi connectivity index (χ2n) is 6.11. The topological polar surface area (TPSA) is 79.6 Å². The van der Waals surface area contributed by atoms with Crippen molar-refractivity contribution in [1.29, 1.82) is 0 Å². The first-order valence-corrected chi connectivity index (χ1v) is 10.00. The number of aryl methyl sites for hydroxylation is 1. The number of benzene rings is 2. The van der Waals surface area contributed by atoms with Crippen molar-refractivity contribution >= 4 is 33.4 Å². The van der Waals surface area contributed by atoms with Crippen LogP contribution in [0, 0.1) is 6.92 Å². The van der Waals surface area contributed by atoms with Gasteiger partial charge in [0.25, 0.3) is 10.0 Å². The van der Waals surface area contributed by atoms with Crippen LogP contribution in [0.25, 0.3) is 6.08 Å². The molecule has 1 heterocycles. The first-order valence-electron chi connectivity index (χ1n) is 8.56. The molecule has 1 N–H and O–H groups in total. The first-order chi connectivity index (χ1) is 13.4. The van der Waals surface area contributed by atoms with Gasteiger partial charge in [-0.1, -0.05) is 24.3 Å². The molecule has 7 heteroatoms. The van der Waals surface area contributed by atoms with E-state index in [1.165, 1.54) is 29.6 Å². The predicted molar refractivity (Wildman–Crippen MR) is 110 cm³/mol. The van der Waals surface area contributed by atoms with Gasteiger partial charge < -0.3 is 9.73 Å². The summed E-state index contributed by atoms with van der Waals surface area (Å²) in [5.74, 6) is 0.925. The third-order valence-corrected chi connectivity index (χ3v) is 5.82. The van der Waals surface area contributed by atoms with Crippen LogP contribution >= 0.6 is 0 Å². The second-order valence-corrected chi connectivity index (χ2v) is 8.08. The van der Waals surface area contributed by atoms with Crippen LogP contribution in [-0.2, 0) is 14.8 Å². The van der Waals surface area contributed by atoms with Gasteiger partial charge in [0.2, 0.25) is 5.91 Å². The van der Waals surface area contributed by atoms with Crippen LogP contribution in [0.3, 0.4) is 0 Å². The van der Waals surface area contributed by atoms with Crippen LogP contribution in [0.4, 0.5) is 11.4 Å². The average molecular weight is 396 g/mol. The summed E-state index contributed by atoms with van der Waals surface area (Å²) in [5, 5.41) is 2.66. The molecule has 1 amide bonds. The van der Waals surface area contributed by atoms with Crippen molar-refractivity contribution in [2.45, 2.75) is 11.8 Å². The lowest BCUT2D eigenvalue weighted by Crippen LogP contribution is -2.26. The van der Waals surface area contributed by atoms with Gasteiger partial charge in [0.05, 0.1) is 10.6 Å². The second kappa shape index (κ2) is 8.14. The van der Waals surface area contributed by atoms with Crippen LogP contribution in [-0.4, -0.2) is 21.4 Å². The average Bonchev–Trinajstić information content (AvgIpc) is 3.12. The molecular weight excluding hydrogens is 376 g/mol. The minimum Gasteiger partial charge on any atom is -0.462 e. The normalized spacial score (nSPS) is 11.5. The number of anilines is 2. The lowest BCUT2D eigenvalue weighted by molar-refractivity contribution is -0.111. The Bertz CT molecular complexity index is 1100. The molecule has 0 aliphatic carbocycles. The Morgan fingerprint density at radius 2 is 1.79 bits per heavy atom. The molecule has 0 fully saturated rings. The van der Waals surface area contributed by atoms with Crippen LogP contribution in [0.2, 0.25) is 0 Å². The maximum absolute atomic E-state index is 12.9. The highest BCUT2D eigenvalue weighted by Crippen LogP contribution is 2.23. The number of para-hydroxylation sites is 1. The van der Waals surface area contributed by atoms with Gasteiger partial charge in [-0.2, -0.15) is 0 Å². The largest absolute Gasteiger partial charge is 0.462 e. The smallest absolute Gasteiger partial charge is 0.264 e. The third kappa shape index (κ3) is 4.50. The highest BCUT2D eigenvalue weighted by molar-refractivity contribution is 7.92. The Labute approximate surface area is 164 Å². The van der Waals surface area contributed by atoms with E-state index in [0.29, 0.717) is 17.1 Å². The molecule has 0 saturated carbocycles. The predicted octanol–water partition coefficient (Wildman–Crippen LogP) is 4.07. The fraction of sp³-hybridized carbons (Fsp3) is 0.0952. The Morgan fingerprint density at radius 1 is 1.04 bits per heavy atom. The highest BCUT2D eigenvalue weighted by atomic mass is 32.2. The van der Waals surface area contributed by atoms with E-state index in [-0.39, 0.29) is 10.8 Å². The van der Waals surface area contributed by atoms with E-state index < -0.39 is 10.0 Å². The molecule has 0 saturated heterocycles. The van der Waals surface area contributed by atoms with Gasteiger partial charge >= 0.3 is 0 Å². The molecule has 3 rings (SSSR count).